The van der Waals surface area contributed by atoms with Gasteiger partial charge in [0.25, 0.3) is 0 Å². The smallest absolute Gasteiger partial charge is 0.227 e. The van der Waals surface area contributed by atoms with Crippen LogP contribution in [0.3, 0.4) is 0 Å². The van der Waals surface area contributed by atoms with Crippen molar-refractivity contribution in [3.63, 3.8) is 0 Å². The maximum atomic E-state index is 10.9. The second-order valence-corrected chi connectivity index (χ2v) is 3.44. The van der Waals surface area contributed by atoms with Gasteiger partial charge in [-0.05, 0) is 0 Å². The van der Waals surface area contributed by atoms with Crippen LogP contribution in [-0.4, -0.2) is 25.5 Å². The summed E-state index contributed by atoms with van der Waals surface area (Å²) in [5.41, 5.74) is -0.0625. The van der Waals surface area contributed by atoms with Crippen LogP contribution in [0.4, 0.5) is 0 Å². The van der Waals surface area contributed by atoms with Gasteiger partial charge in [0.05, 0.1) is 0 Å². The molecule has 5 heteroatoms. The van der Waals surface area contributed by atoms with Crippen LogP contribution in [0.2, 0.25) is 0 Å². The van der Waals surface area contributed by atoms with E-state index < -0.39 is 8.38 Å². The Morgan fingerprint density at radius 2 is 1.91 bits per heavy atom. The molecule has 0 saturated carbocycles. The van der Waals surface area contributed by atoms with E-state index in [1.165, 1.54) is 14.2 Å². The van der Waals surface area contributed by atoms with Gasteiger partial charge >= 0.3 is 0 Å². The molecule has 0 aromatic heterocycles. The highest BCUT2D eigenvalue weighted by Gasteiger charge is 2.19. The van der Waals surface area contributed by atoms with Crippen molar-refractivity contribution >= 4 is 19.6 Å². The van der Waals surface area contributed by atoms with Gasteiger partial charge in [-0.15, -0.1) is 0 Å². The lowest BCUT2D eigenvalue weighted by atomic mass is 10.3. The molecule has 0 bridgehead atoms. The van der Waals surface area contributed by atoms with Gasteiger partial charge in [-0.3, -0.25) is 10.2 Å². The van der Waals surface area contributed by atoms with Crippen molar-refractivity contribution in [2.45, 2.75) is 13.3 Å². The summed E-state index contributed by atoms with van der Waals surface area (Å²) in [6.45, 7) is 1.70. The van der Waals surface area contributed by atoms with Crippen LogP contribution < -0.4 is 0 Å². The van der Waals surface area contributed by atoms with Gasteiger partial charge < -0.3 is 9.05 Å². The summed E-state index contributed by atoms with van der Waals surface area (Å²) in [6.07, 6.45) is 0.324. The quantitative estimate of drug-likeness (QED) is 0.512. The van der Waals surface area contributed by atoms with Crippen molar-refractivity contribution < 1.29 is 13.8 Å². The Labute approximate surface area is 67.3 Å². The molecule has 0 heterocycles. The summed E-state index contributed by atoms with van der Waals surface area (Å²) < 4.78 is 9.56. The fraction of sp³-hybridized carbons (Fsp3) is 0.667. The summed E-state index contributed by atoms with van der Waals surface area (Å²) in [5, 5.41) is 7.28. The third-order valence-electron chi connectivity index (χ3n) is 1.10. The maximum absolute atomic E-state index is 10.9. The normalized spacial score (nSPS) is 10.2. The molecule has 11 heavy (non-hydrogen) atoms. The maximum Gasteiger partial charge on any atom is 0.227 e. The van der Waals surface area contributed by atoms with Gasteiger partial charge in [0.2, 0.25) is 8.38 Å². The van der Waals surface area contributed by atoms with Crippen molar-refractivity contribution in [1.82, 2.24) is 0 Å². The number of carbonyl (C=O) groups is 1. The van der Waals surface area contributed by atoms with E-state index in [1.54, 1.807) is 6.92 Å². The zero-order valence-electron chi connectivity index (χ0n) is 6.88. The third kappa shape index (κ3) is 3.06. The average molecular weight is 177 g/mol. The van der Waals surface area contributed by atoms with Gasteiger partial charge in [0, 0.05) is 20.6 Å². The number of Topliss-reactive ketones (excluding diaryl/α,β-unsaturated/α-hetero) is 1. The first-order chi connectivity index (χ1) is 5.17. The Kier molecular flexibility index (Phi) is 5.20. The minimum absolute atomic E-state index is 0.0625. The first kappa shape index (κ1) is 10.7. The first-order valence-corrected chi connectivity index (χ1v) is 4.35. The minimum atomic E-state index is -1.43. The predicted octanol–water partition coefficient (Wildman–Crippen LogP) is 1.55. The van der Waals surface area contributed by atoms with Gasteiger partial charge in [-0.2, -0.15) is 0 Å². The van der Waals surface area contributed by atoms with E-state index in [4.69, 9.17) is 14.5 Å². The highest BCUT2D eigenvalue weighted by molar-refractivity contribution is 7.69. The Morgan fingerprint density at radius 1 is 1.45 bits per heavy atom. The summed E-state index contributed by atoms with van der Waals surface area (Å²) in [6, 6.07) is 0. The lowest BCUT2D eigenvalue weighted by molar-refractivity contribution is -0.112. The van der Waals surface area contributed by atoms with E-state index >= 15 is 0 Å². The molecule has 0 aliphatic carbocycles. The van der Waals surface area contributed by atoms with E-state index in [1.807, 2.05) is 0 Å². The molecule has 0 radical (unpaired) electrons. The van der Waals surface area contributed by atoms with E-state index in [2.05, 4.69) is 0 Å². The molecule has 64 valence electrons. The van der Waals surface area contributed by atoms with Gasteiger partial charge in [-0.25, -0.2) is 0 Å². The van der Waals surface area contributed by atoms with Crippen molar-refractivity contribution in [2.75, 3.05) is 14.2 Å². The van der Waals surface area contributed by atoms with E-state index in [0.29, 0.717) is 6.42 Å². The van der Waals surface area contributed by atoms with Crippen LogP contribution in [0.5, 0.6) is 0 Å². The number of hydrogen-bond donors (Lipinski definition) is 1. The highest BCUT2D eigenvalue weighted by atomic mass is 31.2. The van der Waals surface area contributed by atoms with Crippen molar-refractivity contribution in [1.29, 1.82) is 5.41 Å². The molecule has 0 aliphatic rings. The molecule has 0 aromatic rings. The van der Waals surface area contributed by atoms with Crippen LogP contribution in [0.15, 0.2) is 0 Å². The fourth-order valence-corrected chi connectivity index (χ4v) is 1.40. The Balaban J connectivity index is 4.09. The van der Waals surface area contributed by atoms with Crippen molar-refractivity contribution in [2.24, 2.45) is 0 Å². The van der Waals surface area contributed by atoms with Gasteiger partial charge in [0.15, 0.2) is 11.2 Å². The second kappa shape index (κ2) is 5.35. The van der Waals surface area contributed by atoms with Crippen molar-refractivity contribution in [3.05, 3.63) is 0 Å². The van der Waals surface area contributed by atoms with E-state index in [9.17, 15) is 4.79 Å². The second-order valence-electron chi connectivity index (χ2n) is 1.75. The van der Waals surface area contributed by atoms with Crippen LogP contribution in [0.1, 0.15) is 13.3 Å². The predicted molar refractivity (Wildman–Crippen MR) is 44.0 cm³/mol. The molecule has 0 fully saturated rings. The summed E-state index contributed by atoms with van der Waals surface area (Å²) in [4.78, 5) is 10.9. The minimum Gasteiger partial charge on any atom is -0.333 e. The Bertz CT molecular complexity index is 156. The van der Waals surface area contributed by atoms with Crippen LogP contribution >= 0.6 is 8.38 Å². The van der Waals surface area contributed by atoms with E-state index in [0.717, 1.165) is 0 Å². The molecule has 0 aliphatic heterocycles. The molecular weight excluding hydrogens is 165 g/mol. The molecule has 0 spiro atoms. The fourth-order valence-electron chi connectivity index (χ4n) is 0.526. The first-order valence-electron chi connectivity index (χ1n) is 3.17. The standard InChI is InChI=1S/C6H12NO3P/c1-4-5(8)6(7)11(9-2)10-3/h7H,4H2,1-3H3. The average Bonchev–Trinajstić information content (AvgIpc) is 2.05. The lowest BCUT2D eigenvalue weighted by Crippen LogP contribution is -2.10. The van der Waals surface area contributed by atoms with Crippen LogP contribution in [0.25, 0.3) is 0 Å². The topological polar surface area (TPSA) is 59.4 Å². The van der Waals surface area contributed by atoms with Crippen LogP contribution in [0, 0.1) is 5.41 Å². The Hall–Kier alpha value is -0.310. The summed E-state index contributed by atoms with van der Waals surface area (Å²) in [7, 11) is 1.42. The van der Waals surface area contributed by atoms with E-state index in [-0.39, 0.29) is 11.2 Å². The van der Waals surface area contributed by atoms with Gasteiger partial charge in [0.1, 0.15) is 0 Å². The molecule has 0 atom stereocenters. The number of ketones is 1. The highest BCUT2D eigenvalue weighted by Crippen LogP contribution is 2.37. The molecule has 0 saturated heterocycles. The van der Waals surface area contributed by atoms with Crippen LogP contribution in [-0.2, 0) is 13.8 Å². The van der Waals surface area contributed by atoms with Gasteiger partial charge in [-0.1, -0.05) is 6.92 Å². The SMILES string of the molecule is CCC(=O)C(=N)P(OC)OC. The molecule has 0 unspecified atom stereocenters. The molecule has 0 amide bonds. The largest absolute Gasteiger partial charge is 0.333 e. The molecule has 4 nitrogen and oxygen atoms in total. The number of hydrogen-bond acceptors (Lipinski definition) is 4. The molecular formula is C6H12NO3P. The molecule has 0 rings (SSSR count). The molecule has 0 aromatic carbocycles. The molecule has 1 N–H and O–H groups in total. The Morgan fingerprint density at radius 3 is 2.18 bits per heavy atom. The summed E-state index contributed by atoms with van der Waals surface area (Å²) in [5.74, 6) is -0.222. The zero-order valence-corrected chi connectivity index (χ0v) is 7.77. The number of nitrogens with one attached hydrogen (secondary N) is 1. The summed E-state index contributed by atoms with van der Waals surface area (Å²) >= 11 is 0. The third-order valence-corrected chi connectivity index (χ3v) is 2.38. The lowest BCUT2D eigenvalue weighted by Gasteiger charge is -2.10. The monoisotopic (exact) mass is 177 g/mol. The van der Waals surface area contributed by atoms with Crippen molar-refractivity contribution in [3.8, 4) is 0 Å². The number of carbonyl (C=O) groups excluding carboxylic acids is 1. The zero-order chi connectivity index (χ0) is 8.85. The number of rotatable bonds is 5.